The highest BCUT2D eigenvalue weighted by Crippen LogP contribution is 2.22. The molecule has 1 aromatic rings. The molecular formula is C10H10N2O5. The maximum absolute atomic E-state index is 11.9. The van der Waals surface area contributed by atoms with Gasteiger partial charge in [-0.1, -0.05) is 37.3 Å². The molecule has 0 spiro atoms. The second-order valence-corrected chi connectivity index (χ2v) is 3.38. The summed E-state index contributed by atoms with van der Waals surface area (Å²) in [6.07, 6.45) is -0.499. The van der Waals surface area contributed by atoms with Gasteiger partial charge in [-0.2, -0.15) is 0 Å². The molecule has 0 bridgehead atoms. The van der Waals surface area contributed by atoms with Gasteiger partial charge in [0.15, 0.2) is 0 Å². The van der Waals surface area contributed by atoms with Crippen molar-refractivity contribution >= 4 is 5.78 Å². The standard InChI is InChI=1S/C10H10N2O5/c1-2-10(11(14)15,12(16)17)9(13)8-6-4-3-5-7-8/h3-7H,2H2,1H3. The number of nitrogens with zero attached hydrogens (tertiary/aromatic N) is 2. The summed E-state index contributed by atoms with van der Waals surface area (Å²) in [5.74, 6) is -1.10. The number of nitro groups is 2. The average Bonchev–Trinajstić information content (AvgIpc) is 2.30. The van der Waals surface area contributed by atoms with E-state index in [1.807, 2.05) is 0 Å². The number of Topliss-reactive ketones (excluding diaryl/α,β-unsaturated/α-hetero) is 1. The molecule has 0 saturated carbocycles. The van der Waals surface area contributed by atoms with Gasteiger partial charge in [-0.05, 0) is 0 Å². The molecule has 0 atom stereocenters. The zero-order valence-corrected chi connectivity index (χ0v) is 9.03. The lowest BCUT2D eigenvalue weighted by molar-refractivity contribution is -0.774. The maximum Gasteiger partial charge on any atom is 0.519 e. The summed E-state index contributed by atoms with van der Waals surface area (Å²) >= 11 is 0. The third-order valence-corrected chi connectivity index (χ3v) is 2.50. The Morgan fingerprint density at radius 1 is 1.18 bits per heavy atom. The van der Waals surface area contributed by atoms with Gasteiger partial charge < -0.3 is 0 Å². The average molecular weight is 238 g/mol. The summed E-state index contributed by atoms with van der Waals surface area (Å²) in [4.78, 5) is 31.3. The van der Waals surface area contributed by atoms with Crippen LogP contribution in [-0.4, -0.2) is 21.3 Å². The monoisotopic (exact) mass is 238 g/mol. The van der Waals surface area contributed by atoms with E-state index in [4.69, 9.17) is 0 Å². The van der Waals surface area contributed by atoms with Crippen molar-refractivity contribution in [1.82, 2.24) is 0 Å². The molecular weight excluding hydrogens is 228 g/mol. The van der Waals surface area contributed by atoms with Crippen LogP contribution in [0, 0.1) is 20.2 Å². The molecule has 0 heterocycles. The lowest BCUT2D eigenvalue weighted by atomic mass is 9.96. The topological polar surface area (TPSA) is 103 Å². The number of hydrogen-bond donors (Lipinski definition) is 0. The molecule has 0 aromatic heterocycles. The van der Waals surface area contributed by atoms with Crippen LogP contribution in [0.15, 0.2) is 30.3 Å². The molecule has 0 unspecified atom stereocenters. The fraction of sp³-hybridized carbons (Fsp3) is 0.300. The molecule has 7 nitrogen and oxygen atoms in total. The number of hydrogen-bond acceptors (Lipinski definition) is 5. The van der Waals surface area contributed by atoms with Gasteiger partial charge in [0.05, 0.1) is 6.42 Å². The van der Waals surface area contributed by atoms with Gasteiger partial charge in [0, 0.05) is 5.56 Å². The predicted octanol–water partition coefficient (Wildman–Crippen LogP) is 1.53. The number of carbonyl (C=O) groups is 1. The van der Waals surface area contributed by atoms with Crippen LogP contribution in [0.25, 0.3) is 0 Å². The summed E-state index contributed by atoms with van der Waals surface area (Å²) in [6, 6.07) is 7.24. The molecule has 0 aliphatic heterocycles. The van der Waals surface area contributed by atoms with E-state index in [2.05, 4.69) is 0 Å². The second-order valence-electron chi connectivity index (χ2n) is 3.38. The summed E-state index contributed by atoms with van der Waals surface area (Å²) in [7, 11) is 0. The SMILES string of the molecule is CCC(C(=O)c1ccccc1)([N+](=O)[O-])[N+](=O)[O-]. The third kappa shape index (κ3) is 1.99. The van der Waals surface area contributed by atoms with Crippen molar-refractivity contribution in [1.29, 1.82) is 0 Å². The maximum atomic E-state index is 11.9. The van der Waals surface area contributed by atoms with E-state index in [9.17, 15) is 25.0 Å². The van der Waals surface area contributed by atoms with Gasteiger partial charge in [0.1, 0.15) is 9.85 Å². The van der Waals surface area contributed by atoms with E-state index in [0.29, 0.717) is 0 Å². The van der Waals surface area contributed by atoms with Crippen LogP contribution in [0.2, 0.25) is 0 Å². The highest BCUT2D eigenvalue weighted by Gasteiger charge is 2.62. The van der Waals surface area contributed by atoms with Gasteiger partial charge in [-0.3, -0.25) is 25.0 Å². The predicted molar refractivity (Wildman–Crippen MR) is 57.8 cm³/mol. The van der Waals surface area contributed by atoms with Crippen molar-refractivity contribution in [2.24, 2.45) is 0 Å². The van der Waals surface area contributed by atoms with Crippen LogP contribution >= 0.6 is 0 Å². The lowest BCUT2D eigenvalue weighted by Gasteiger charge is -2.13. The fourth-order valence-corrected chi connectivity index (χ4v) is 1.47. The summed E-state index contributed by atoms with van der Waals surface area (Å²) in [5, 5.41) is 21.7. The molecule has 0 radical (unpaired) electrons. The highest BCUT2D eigenvalue weighted by molar-refractivity contribution is 6.00. The Hall–Kier alpha value is -2.31. The van der Waals surface area contributed by atoms with Crippen LogP contribution in [0.3, 0.4) is 0 Å². The number of benzene rings is 1. The fourth-order valence-electron chi connectivity index (χ4n) is 1.47. The van der Waals surface area contributed by atoms with Crippen LogP contribution in [0.1, 0.15) is 23.7 Å². The van der Waals surface area contributed by atoms with Gasteiger partial charge in [0.2, 0.25) is 0 Å². The smallest absolute Gasteiger partial charge is 0.277 e. The van der Waals surface area contributed by atoms with E-state index in [0.717, 1.165) is 0 Å². The van der Waals surface area contributed by atoms with Crippen LogP contribution in [0.4, 0.5) is 0 Å². The molecule has 0 fully saturated rings. The van der Waals surface area contributed by atoms with Crippen molar-refractivity contribution in [3.05, 3.63) is 56.1 Å². The van der Waals surface area contributed by atoms with Crippen molar-refractivity contribution in [3.63, 3.8) is 0 Å². The molecule has 90 valence electrons. The second kappa shape index (κ2) is 4.69. The first-order valence-corrected chi connectivity index (χ1v) is 4.85. The Kier molecular flexibility index (Phi) is 3.52. The Morgan fingerprint density at radius 3 is 2.00 bits per heavy atom. The highest BCUT2D eigenvalue weighted by atomic mass is 16.7. The van der Waals surface area contributed by atoms with E-state index in [1.54, 1.807) is 6.07 Å². The molecule has 0 aliphatic carbocycles. The largest absolute Gasteiger partial charge is 0.519 e. The van der Waals surface area contributed by atoms with E-state index in [1.165, 1.54) is 31.2 Å². The van der Waals surface area contributed by atoms with Crippen molar-refractivity contribution in [2.75, 3.05) is 0 Å². The minimum absolute atomic E-state index is 0.0391. The molecule has 0 N–H and O–H groups in total. The quantitative estimate of drug-likeness (QED) is 0.335. The van der Waals surface area contributed by atoms with Gasteiger partial charge in [-0.15, -0.1) is 0 Å². The van der Waals surface area contributed by atoms with Crippen LogP contribution in [0.5, 0.6) is 0 Å². The minimum Gasteiger partial charge on any atom is -0.277 e. The molecule has 0 saturated heterocycles. The molecule has 0 amide bonds. The summed E-state index contributed by atoms with van der Waals surface area (Å²) < 4.78 is 0. The number of rotatable bonds is 5. The Balaban J connectivity index is 3.31. The minimum atomic E-state index is -2.79. The lowest BCUT2D eigenvalue weighted by Crippen LogP contribution is -2.52. The Morgan fingerprint density at radius 2 is 1.65 bits per heavy atom. The van der Waals surface area contributed by atoms with Crippen molar-refractivity contribution in [3.8, 4) is 0 Å². The van der Waals surface area contributed by atoms with E-state index in [-0.39, 0.29) is 5.56 Å². The first-order chi connectivity index (χ1) is 7.96. The Labute approximate surface area is 96.4 Å². The molecule has 17 heavy (non-hydrogen) atoms. The number of carbonyl (C=O) groups excluding carboxylic acids is 1. The number of ketones is 1. The molecule has 1 rings (SSSR count). The zero-order chi connectivity index (χ0) is 13.1. The third-order valence-electron chi connectivity index (χ3n) is 2.50. The zero-order valence-electron chi connectivity index (χ0n) is 9.03. The molecule has 1 aromatic carbocycles. The van der Waals surface area contributed by atoms with Crippen molar-refractivity contribution in [2.45, 2.75) is 19.0 Å². The van der Waals surface area contributed by atoms with E-state index < -0.39 is 27.7 Å². The van der Waals surface area contributed by atoms with E-state index >= 15 is 0 Å². The van der Waals surface area contributed by atoms with Gasteiger partial charge in [-0.25, -0.2) is 0 Å². The summed E-state index contributed by atoms with van der Waals surface area (Å²) in [5.41, 5.74) is -2.83. The van der Waals surface area contributed by atoms with Crippen molar-refractivity contribution < 1.29 is 14.6 Å². The first kappa shape index (κ1) is 12.8. The normalized spacial score (nSPS) is 10.9. The molecule has 0 aliphatic rings. The van der Waals surface area contributed by atoms with Crippen LogP contribution in [-0.2, 0) is 0 Å². The first-order valence-electron chi connectivity index (χ1n) is 4.85. The van der Waals surface area contributed by atoms with Gasteiger partial charge >= 0.3 is 11.4 Å². The van der Waals surface area contributed by atoms with Gasteiger partial charge in [0.25, 0.3) is 0 Å². The molecule has 7 heteroatoms. The Bertz CT molecular complexity index is 443. The van der Waals surface area contributed by atoms with Crippen LogP contribution < -0.4 is 0 Å². The summed E-state index contributed by atoms with van der Waals surface area (Å²) in [6.45, 7) is 1.24.